The number of methoxy groups -OCH3 is 1. The second kappa shape index (κ2) is 5.77. The molecule has 0 saturated carbocycles. The van der Waals surface area contributed by atoms with Crippen LogP contribution >= 0.6 is 0 Å². The summed E-state index contributed by atoms with van der Waals surface area (Å²) in [6, 6.07) is 9.67. The van der Waals surface area contributed by atoms with Crippen LogP contribution in [0.2, 0.25) is 0 Å². The molecule has 0 radical (unpaired) electrons. The van der Waals surface area contributed by atoms with Crippen molar-refractivity contribution < 1.29 is 14.3 Å². The largest absolute Gasteiger partial charge is 0.472 e. The topological polar surface area (TPSA) is 61.3 Å². The number of esters is 1. The fraction of sp³-hybridized carbons (Fsp3) is 0.154. The van der Waals surface area contributed by atoms with Crippen LogP contribution in [-0.4, -0.2) is 23.0 Å². The van der Waals surface area contributed by atoms with Gasteiger partial charge in [0.2, 0.25) is 5.88 Å². The molecule has 0 spiro atoms. The number of hydrogen-bond donors (Lipinski definition) is 0. The summed E-state index contributed by atoms with van der Waals surface area (Å²) in [5.74, 6) is -0.241. The molecule has 0 aliphatic rings. The Kier molecular flexibility index (Phi) is 3.86. The van der Waals surface area contributed by atoms with Crippen molar-refractivity contribution in [2.75, 3.05) is 7.11 Å². The Bertz CT molecular complexity index is 529. The summed E-state index contributed by atoms with van der Waals surface area (Å²) >= 11 is 0. The maximum Gasteiger partial charge on any atom is 0.358 e. The van der Waals surface area contributed by atoms with Gasteiger partial charge in [0.1, 0.15) is 6.61 Å². The van der Waals surface area contributed by atoms with Gasteiger partial charge >= 0.3 is 5.97 Å². The van der Waals surface area contributed by atoms with Gasteiger partial charge in [0.15, 0.2) is 5.69 Å². The smallest absolute Gasteiger partial charge is 0.358 e. The average Bonchev–Trinajstić information content (AvgIpc) is 2.45. The number of carbonyl (C=O) groups excluding carboxylic acids is 1. The molecule has 1 aromatic heterocycles. The highest BCUT2D eigenvalue weighted by Crippen LogP contribution is 2.09. The normalized spacial score (nSPS) is 9.83. The minimum absolute atomic E-state index is 0.128. The first-order chi connectivity index (χ1) is 8.79. The summed E-state index contributed by atoms with van der Waals surface area (Å²) < 4.78 is 10.0. The molecule has 0 unspecified atom stereocenters. The van der Waals surface area contributed by atoms with Gasteiger partial charge in [0.25, 0.3) is 0 Å². The highest BCUT2D eigenvalue weighted by molar-refractivity contribution is 5.86. The number of aromatic nitrogens is 2. The van der Waals surface area contributed by atoms with Gasteiger partial charge in [0.05, 0.1) is 19.5 Å². The molecule has 0 amide bonds. The second-order valence-electron chi connectivity index (χ2n) is 3.51. The van der Waals surface area contributed by atoms with Crippen LogP contribution in [0, 0.1) is 0 Å². The Morgan fingerprint density at radius 3 is 2.72 bits per heavy atom. The Hall–Kier alpha value is -2.43. The van der Waals surface area contributed by atoms with Gasteiger partial charge in [-0.3, -0.25) is 4.98 Å². The molecule has 0 saturated heterocycles. The zero-order chi connectivity index (χ0) is 12.8. The third-order valence-electron chi connectivity index (χ3n) is 2.24. The first-order valence-corrected chi connectivity index (χ1v) is 5.36. The number of nitrogens with zero attached hydrogens (tertiary/aromatic N) is 2. The van der Waals surface area contributed by atoms with Crippen molar-refractivity contribution in [3.8, 4) is 5.88 Å². The number of ether oxygens (including phenoxy) is 2. The molecule has 5 nitrogen and oxygen atoms in total. The molecule has 0 N–H and O–H groups in total. The van der Waals surface area contributed by atoms with Gasteiger partial charge in [0, 0.05) is 0 Å². The van der Waals surface area contributed by atoms with Crippen LogP contribution in [0.15, 0.2) is 42.7 Å². The van der Waals surface area contributed by atoms with Crippen LogP contribution in [0.25, 0.3) is 0 Å². The van der Waals surface area contributed by atoms with E-state index >= 15 is 0 Å². The van der Waals surface area contributed by atoms with Gasteiger partial charge in [-0.2, -0.15) is 0 Å². The lowest BCUT2D eigenvalue weighted by Gasteiger charge is -2.05. The fourth-order valence-corrected chi connectivity index (χ4v) is 1.35. The number of benzene rings is 1. The molecule has 0 aliphatic heterocycles. The van der Waals surface area contributed by atoms with Crippen molar-refractivity contribution in [1.29, 1.82) is 0 Å². The van der Waals surface area contributed by atoms with Crippen molar-refractivity contribution in [2.24, 2.45) is 0 Å². The zero-order valence-corrected chi connectivity index (χ0v) is 9.87. The number of carbonyl (C=O) groups is 1. The van der Waals surface area contributed by atoms with E-state index in [1.807, 2.05) is 30.3 Å². The predicted molar refractivity (Wildman–Crippen MR) is 64.1 cm³/mol. The minimum Gasteiger partial charge on any atom is -0.472 e. The van der Waals surface area contributed by atoms with Crippen LogP contribution in [0.3, 0.4) is 0 Å². The van der Waals surface area contributed by atoms with E-state index in [4.69, 9.17) is 4.74 Å². The molecule has 0 aliphatic carbocycles. The maximum atomic E-state index is 11.3. The third-order valence-corrected chi connectivity index (χ3v) is 2.24. The van der Waals surface area contributed by atoms with Crippen LogP contribution in [0.5, 0.6) is 5.88 Å². The van der Waals surface area contributed by atoms with E-state index in [1.165, 1.54) is 19.5 Å². The zero-order valence-electron chi connectivity index (χ0n) is 9.87. The Labute approximate surface area is 104 Å². The van der Waals surface area contributed by atoms with Crippen molar-refractivity contribution in [2.45, 2.75) is 6.61 Å². The molecule has 2 aromatic rings. The second-order valence-corrected chi connectivity index (χ2v) is 3.51. The molecule has 0 fully saturated rings. The summed E-state index contributed by atoms with van der Waals surface area (Å²) in [6.07, 6.45) is 2.79. The van der Waals surface area contributed by atoms with E-state index in [0.29, 0.717) is 12.5 Å². The van der Waals surface area contributed by atoms with E-state index in [1.54, 1.807) is 0 Å². The SMILES string of the molecule is COC(=O)c1cncc(OCc2ccccc2)n1. The Morgan fingerprint density at radius 2 is 2.00 bits per heavy atom. The minimum atomic E-state index is -0.535. The van der Waals surface area contributed by atoms with Crippen LogP contribution in [-0.2, 0) is 11.3 Å². The van der Waals surface area contributed by atoms with Gasteiger partial charge < -0.3 is 9.47 Å². The molecule has 18 heavy (non-hydrogen) atoms. The lowest BCUT2D eigenvalue weighted by Crippen LogP contribution is -2.06. The standard InChI is InChI=1S/C13H12N2O3/c1-17-13(16)11-7-14-8-12(15-11)18-9-10-5-3-2-4-6-10/h2-8H,9H2,1H3. The Morgan fingerprint density at radius 1 is 1.22 bits per heavy atom. The molecular weight excluding hydrogens is 232 g/mol. The summed E-state index contributed by atoms with van der Waals surface area (Å²) in [6.45, 7) is 0.375. The highest BCUT2D eigenvalue weighted by Gasteiger charge is 2.08. The average molecular weight is 244 g/mol. The first-order valence-electron chi connectivity index (χ1n) is 5.36. The molecule has 0 bridgehead atoms. The van der Waals surface area contributed by atoms with Crippen molar-refractivity contribution in [3.63, 3.8) is 0 Å². The summed E-state index contributed by atoms with van der Waals surface area (Å²) in [5.41, 5.74) is 1.14. The molecular formula is C13H12N2O3. The third kappa shape index (κ3) is 3.04. The lowest BCUT2D eigenvalue weighted by atomic mass is 10.2. The van der Waals surface area contributed by atoms with Crippen LogP contribution in [0.4, 0.5) is 0 Å². The molecule has 5 heteroatoms. The van der Waals surface area contributed by atoms with Gasteiger partial charge in [-0.1, -0.05) is 30.3 Å². The molecule has 0 atom stereocenters. The monoisotopic (exact) mass is 244 g/mol. The fourth-order valence-electron chi connectivity index (χ4n) is 1.35. The Balaban J connectivity index is 2.04. The van der Waals surface area contributed by atoms with Crippen LogP contribution < -0.4 is 4.74 Å². The summed E-state index contributed by atoms with van der Waals surface area (Å²) in [4.78, 5) is 19.1. The summed E-state index contributed by atoms with van der Waals surface area (Å²) in [5, 5.41) is 0. The molecule has 92 valence electrons. The van der Waals surface area contributed by atoms with Crippen molar-refractivity contribution in [3.05, 3.63) is 54.0 Å². The quantitative estimate of drug-likeness (QED) is 0.768. The van der Waals surface area contributed by atoms with Crippen molar-refractivity contribution >= 4 is 5.97 Å². The van der Waals surface area contributed by atoms with Crippen LogP contribution in [0.1, 0.15) is 16.1 Å². The van der Waals surface area contributed by atoms with E-state index in [0.717, 1.165) is 5.56 Å². The lowest BCUT2D eigenvalue weighted by molar-refractivity contribution is 0.0592. The first kappa shape index (κ1) is 12.0. The van der Waals surface area contributed by atoms with Crippen molar-refractivity contribution in [1.82, 2.24) is 9.97 Å². The predicted octanol–water partition coefficient (Wildman–Crippen LogP) is 1.84. The highest BCUT2D eigenvalue weighted by atomic mass is 16.5. The maximum absolute atomic E-state index is 11.3. The molecule has 1 aromatic carbocycles. The van der Waals surface area contributed by atoms with Gasteiger partial charge in [-0.25, -0.2) is 9.78 Å². The molecule has 2 rings (SSSR count). The number of hydrogen-bond acceptors (Lipinski definition) is 5. The summed E-state index contributed by atoms with van der Waals surface area (Å²) in [7, 11) is 1.29. The van der Waals surface area contributed by atoms with Gasteiger partial charge in [-0.15, -0.1) is 0 Å². The number of rotatable bonds is 4. The van der Waals surface area contributed by atoms with E-state index in [9.17, 15) is 4.79 Å². The van der Waals surface area contributed by atoms with Gasteiger partial charge in [-0.05, 0) is 5.56 Å². The van der Waals surface area contributed by atoms with E-state index in [-0.39, 0.29) is 5.69 Å². The van der Waals surface area contributed by atoms with E-state index in [2.05, 4.69) is 14.7 Å². The molecule has 1 heterocycles. The van der Waals surface area contributed by atoms with E-state index < -0.39 is 5.97 Å².